The molecule has 7 nitrogen and oxygen atoms in total. The van der Waals surface area contributed by atoms with Gasteiger partial charge >= 0.3 is 0 Å². The van der Waals surface area contributed by atoms with Gasteiger partial charge in [0.1, 0.15) is 0 Å². The predicted octanol–water partition coefficient (Wildman–Crippen LogP) is 3.11. The van der Waals surface area contributed by atoms with Crippen molar-refractivity contribution in [1.82, 2.24) is 9.80 Å². The molecule has 7 heteroatoms. The van der Waals surface area contributed by atoms with Crippen LogP contribution in [-0.2, 0) is 9.59 Å². The highest BCUT2D eigenvalue weighted by molar-refractivity contribution is 6.13. The quantitative estimate of drug-likeness (QED) is 0.509. The lowest BCUT2D eigenvalue weighted by molar-refractivity contribution is -0.120. The first-order chi connectivity index (χ1) is 16.6. The van der Waals surface area contributed by atoms with E-state index in [1.54, 1.807) is 36.4 Å². The maximum absolute atomic E-state index is 12.9. The van der Waals surface area contributed by atoms with Gasteiger partial charge in [-0.15, -0.1) is 0 Å². The molecule has 1 saturated heterocycles. The van der Waals surface area contributed by atoms with Crippen molar-refractivity contribution < 1.29 is 14.4 Å². The number of amides is 2. The Morgan fingerprint density at radius 2 is 1.12 bits per heavy atom. The van der Waals surface area contributed by atoms with Crippen molar-refractivity contribution >= 4 is 29.0 Å². The zero-order valence-corrected chi connectivity index (χ0v) is 18.9. The minimum Gasteiger partial charge on any atom is -0.325 e. The normalized spacial score (nSPS) is 14.4. The standard InChI is InChI=1S/C27H28N4O3/c32-25(28-22-11-5-2-6-12-22)19-30-15-17-31(18-16-30)20-26(33)29-24-14-8-7-13-23(24)27(34)21-9-3-1-4-10-21/h1-14H,15-20H2,(H,28,32)(H,29,33). The van der Waals surface area contributed by atoms with Crippen LogP contribution in [0.15, 0.2) is 84.9 Å². The smallest absolute Gasteiger partial charge is 0.238 e. The second-order valence-electron chi connectivity index (χ2n) is 8.26. The number of nitrogens with zero attached hydrogens (tertiary/aromatic N) is 2. The molecule has 0 unspecified atom stereocenters. The fourth-order valence-corrected chi connectivity index (χ4v) is 3.96. The van der Waals surface area contributed by atoms with E-state index in [2.05, 4.69) is 20.4 Å². The summed E-state index contributed by atoms with van der Waals surface area (Å²) in [5, 5.41) is 5.80. The van der Waals surface area contributed by atoms with Crippen LogP contribution in [0.4, 0.5) is 11.4 Å². The molecule has 1 aliphatic rings. The van der Waals surface area contributed by atoms with Crippen molar-refractivity contribution in [3.63, 3.8) is 0 Å². The Balaban J connectivity index is 1.26. The van der Waals surface area contributed by atoms with E-state index >= 15 is 0 Å². The number of para-hydroxylation sites is 2. The highest BCUT2D eigenvalue weighted by Gasteiger charge is 2.21. The van der Waals surface area contributed by atoms with Gasteiger partial charge < -0.3 is 10.6 Å². The van der Waals surface area contributed by atoms with Crippen molar-refractivity contribution in [2.45, 2.75) is 0 Å². The Morgan fingerprint density at radius 1 is 0.618 bits per heavy atom. The molecule has 2 amide bonds. The van der Waals surface area contributed by atoms with Gasteiger partial charge in [0.05, 0.1) is 18.8 Å². The molecule has 0 aliphatic carbocycles. The van der Waals surface area contributed by atoms with Gasteiger partial charge in [0.15, 0.2) is 5.78 Å². The summed E-state index contributed by atoms with van der Waals surface area (Å²) in [6, 6.07) is 25.5. The molecule has 2 N–H and O–H groups in total. The maximum atomic E-state index is 12.9. The van der Waals surface area contributed by atoms with Gasteiger partial charge in [-0.3, -0.25) is 24.2 Å². The molecule has 0 saturated carbocycles. The first-order valence-corrected chi connectivity index (χ1v) is 11.4. The van der Waals surface area contributed by atoms with Crippen LogP contribution in [0.3, 0.4) is 0 Å². The number of hydrogen-bond acceptors (Lipinski definition) is 5. The second kappa shape index (κ2) is 11.4. The fraction of sp³-hybridized carbons (Fsp3) is 0.222. The summed E-state index contributed by atoms with van der Waals surface area (Å²) in [4.78, 5) is 42.0. The highest BCUT2D eigenvalue weighted by atomic mass is 16.2. The Hall–Kier alpha value is -3.81. The zero-order valence-electron chi connectivity index (χ0n) is 18.9. The summed E-state index contributed by atoms with van der Waals surface area (Å²) >= 11 is 0. The van der Waals surface area contributed by atoms with Gasteiger partial charge in [-0.25, -0.2) is 0 Å². The Labute approximate surface area is 199 Å². The molecule has 0 radical (unpaired) electrons. The van der Waals surface area contributed by atoms with Gasteiger partial charge in [0.25, 0.3) is 0 Å². The lowest BCUT2D eigenvalue weighted by Crippen LogP contribution is -2.50. The van der Waals surface area contributed by atoms with Crippen molar-refractivity contribution in [1.29, 1.82) is 0 Å². The number of benzene rings is 3. The maximum Gasteiger partial charge on any atom is 0.238 e. The fourth-order valence-electron chi connectivity index (χ4n) is 3.96. The molecule has 3 aromatic rings. The number of rotatable bonds is 8. The third kappa shape index (κ3) is 6.37. The number of carbonyl (C=O) groups is 3. The molecule has 0 aromatic heterocycles. The van der Waals surface area contributed by atoms with E-state index in [0.717, 1.165) is 5.69 Å². The van der Waals surface area contributed by atoms with Crippen molar-refractivity contribution in [3.05, 3.63) is 96.1 Å². The van der Waals surface area contributed by atoms with Crippen molar-refractivity contribution in [2.24, 2.45) is 0 Å². The SMILES string of the molecule is O=C(CN1CCN(CC(=O)Nc2ccccc2C(=O)c2ccccc2)CC1)Nc1ccccc1. The van der Waals surface area contributed by atoms with Crippen LogP contribution in [0.2, 0.25) is 0 Å². The molecule has 3 aromatic carbocycles. The lowest BCUT2D eigenvalue weighted by Gasteiger charge is -2.33. The molecule has 0 atom stereocenters. The van der Waals surface area contributed by atoms with Crippen LogP contribution in [0.25, 0.3) is 0 Å². The predicted molar refractivity (Wildman–Crippen MR) is 133 cm³/mol. The van der Waals surface area contributed by atoms with Crippen molar-refractivity contribution in [3.8, 4) is 0 Å². The molecule has 4 rings (SSSR count). The van der Waals surface area contributed by atoms with Gasteiger partial charge in [0.2, 0.25) is 11.8 Å². The van der Waals surface area contributed by atoms with Crippen LogP contribution in [-0.4, -0.2) is 66.7 Å². The second-order valence-corrected chi connectivity index (χ2v) is 8.26. The van der Waals surface area contributed by atoms with E-state index in [1.165, 1.54) is 0 Å². The number of anilines is 2. The number of hydrogen-bond donors (Lipinski definition) is 2. The number of ketones is 1. The number of nitrogens with one attached hydrogen (secondary N) is 2. The summed E-state index contributed by atoms with van der Waals surface area (Å²) < 4.78 is 0. The highest BCUT2D eigenvalue weighted by Crippen LogP contribution is 2.19. The van der Waals surface area contributed by atoms with Gasteiger partial charge in [-0.05, 0) is 24.3 Å². The van der Waals surface area contributed by atoms with Crippen LogP contribution in [0, 0.1) is 0 Å². The topological polar surface area (TPSA) is 81.8 Å². The average molecular weight is 457 g/mol. The van der Waals surface area contributed by atoms with E-state index in [0.29, 0.717) is 49.5 Å². The van der Waals surface area contributed by atoms with E-state index in [-0.39, 0.29) is 24.1 Å². The lowest BCUT2D eigenvalue weighted by atomic mass is 10.0. The minimum atomic E-state index is -0.163. The van der Waals surface area contributed by atoms with Gasteiger partial charge in [0, 0.05) is 43.0 Å². The largest absolute Gasteiger partial charge is 0.325 e. The summed E-state index contributed by atoms with van der Waals surface area (Å²) in [7, 11) is 0. The van der Waals surface area contributed by atoms with Crippen LogP contribution >= 0.6 is 0 Å². The Kier molecular flexibility index (Phi) is 7.80. The summed E-state index contributed by atoms with van der Waals surface area (Å²) in [5.41, 5.74) is 2.35. The van der Waals surface area contributed by atoms with Crippen LogP contribution in [0.1, 0.15) is 15.9 Å². The summed E-state index contributed by atoms with van der Waals surface area (Å²) in [6.07, 6.45) is 0. The number of piperazine rings is 1. The number of carbonyl (C=O) groups excluding carboxylic acids is 3. The van der Waals surface area contributed by atoms with Crippen LogP contribution < -0.4 is 10.6 Å². The molecule has 0 spiro atoms. The third-order valence-corrected chi connectivity index (χ3v) is 5.74. The monoisotopic (exact) mass is 456 g/mol. The Morgan fingerprint density at radius 3 is 1.74 bits per heavy atom. The van der Waals surface area contributed by atoms with Gasteiger partial charge in [-0.2, -0.15) is 0 Å². The molecule has 34 heavy (non-hydrogen) atoms. The molecule has 1 aliphatic heterocycles. The molecule has 1 fully saturated rings. The molecule has 0 bridgehead atoms. The first-order valence-electron chi connectivity index (χ1n) is 11.4. The average Bonchev–Trinajstić information content (AvgIpc) is 2.86. The Bertz CT molecular complexity index is 1130. The summed E-state index contributed by atoms with van der Waals surface area (Å²) in [5.74, 6) is -0.334. The van der Waals surface area contributed by atoms with E-state index in [9.17, 15) is 14.4 Å². The minimum absolute atomic E-state index is 0.0444. The van der Waals surface area contributed by atoms with E-state index < -0.39 is 0 Å². The van der Waals surface area contributed by atoms with E-state index in [4.69, 9.17) is 0 Å². The third-order valence-electron chi connectivity index (χ3n) is 5.74. The molecular formula is C27H28N4O3. The van der Waals surface area contributed by atoms with Gasteiger partial charge in [-0.1, -0.05) is 60.7 Å². The van der Waals surface area contributed by atoms with Crippen molar-refractivity contribution in [2.75, 3.05) is 49.9 Å². The summed E-state index contributed by atoms with van der Waals surface area (Å²) in [6.45, 7) is 3.35. The molecule has 1 heterocycles. The zero-order chi connectivity index (χ0) is 23.8. The molecular weight excluding hydrogens is 428 g/mol. The molecule has 174 valence electrons. The first kappa shape index (κ1) is 23.4. The van der Waals surface area contributed by atoms with Crippen LogP contribution in [0.5, 0.6) is 0 Å². The van der Waals surface area contributed by atoms with E-state index in [1.807, 2.05) is 48.5 Å².